The summed E-state index contributed by atoms with van der Waals surface area (Å²) >= 11 is 0. The number of nitrogens with one attached hydrogen (secondary N) is 1. The average Bonchev–Trinajstić information content (AvgIpc) is 2.19. The topological polar surface area (TPSA) is 29.1 Å². The third kappa shape index (κ3) is 1.95. The third-order valence-corrected chi connectivity index (χ3v) is 2.78. The van der Waals surface area contributed by atoms with Crippen molar-refractivity contribution in [1.82, 2.24) is 5.32 Å². The molecular formula is C12H15NO. The van der Waals surface area contributed by atoms with E-state index < -0.39 is 0 Å². The van der Waals surface area contributed by atoms with Gasteiger partial charge in [0.2, 0.25) is 5.91 Å². The maximum absolute atomic E-state index is 11.0. The van der Waals surface area contributed by atoms with E-state index >= 15 is 0 Å². The minimum atomic E-state index is 0.189. The van der Waals surface area contributed by atoms with Crippen molar-refractivity contribution in [2.24, 2.45) is 0 Å². The van der Waals surface area contributed by atoms with Crippen molar-refractivity contribution < 1.29 is 4.79 Å². The molecule has 1 amide bonds. The molecule has 1 aromatic carbocycles. The lowest BCUT2D eigenvalue weighted by Crippen LogP contribution is -2.33. The molecule has 1 heterocycles. The third-order valence-electron chi connectivity index (χ3n) is 2.78. The monoisotopic (exact) mass is 189 g/mol. The zero-order valence-corrected chi connectivity index (χ0v) is 8.42. The maximum Gasteiger partial charge on any atom is 0.220 e. The molecule has 2 heteroatoms. The molecule has 14 heavy (non-hydrogen) atoms. The van der Waals surface area contributed by atoms with Crippen LogP contribution in [-0.4, -0.2) is 12.5 Å². The summed E-state index contributed by atoms with van der Waals surface area (Å²) in [5.74, 6) is 0.696. The molecule has 1 aromatic rings. The van der Waals surface area contributed by atoms with Gasteiger partial charge in [0.05, 0.1) is 0 Å². The average molecular weight is 189 g/mol. The van der Waals surface area contributed by atoms with Gasteiger partial charge in [0.1, 0.15) is 0 Å². The fraction of sp³-hybridized carbons (Fsp3) is 0.417. The Morgan fingerprint density at radius 2 is 2.29 bits per heavy atom. The van der Waals surface area contributed by atoms with Gasteiger partial charge in [-0.15, -0.1) is 0 Å². The Kier molecular flexibility index (Phi) is 2.53. The normalized spacial score (nSPS) is 21.8. The predicted molar refractivity (Wildman–Crippen MR) is 56.2 cm³/mol. The van der Waals surface area contributed by atoms with E-state index in [1.165, 1.54) is 11.1 Å². The van der Waals surface area contributed by atoms with E-state index in [-0.39, 0.29) is 5.91 Å². The quantitative estimate of drug-likeness (QED) is 0.719. The fourth-order valence-corrected chi connectivity index (χ4v) is 1.94. The van der Waals surface area contributed by atoms with Gasteiger partial charge in [-0.2, -0.15) is 0 Å². The van der Waals surface area contributed by atoms with Crippen LogP contribution in [0.15, 0.2) is 24.3 Å². The van der Waals surface area contributed by atoms with E-state index in [0.29, 0.717) is 12.3 Å². The second-order valence-electron chi connectivity index (χ2n) is 3.95. The van der Waals surface area contributed by atoms with Gasteiger partial charge < -0.3 is 5.32 Å². The molecule has 74 valence electrons. The zero-order chi connectivity index (χ0) is 9.97. The Hall–Kier alpha value is -1.31. The van der Waals surface area contributed by atoms with Crippen molar-refractivity contribution in [3.05, 3.63) is 35.4 Å². The van der Waals surface area contributed by atoms with E-state index in [9.17, 15) is 4.79 Å². The summed E-state index contributed by atoms with van der Waals surface area (Å²) < 4.78 is 0. The Labute approximate surface area is 84.3 Å². The van der Waals surface area contributed by atoms with Gasteiger partial charge in [-0.3, -0.25) is 4.79 Å². The summed E-state index contributed by atoms with van der Waals surface area (Å²) in [6, 6.07) is 8.54. The Morgan fingerprint density at radius 3 is 2.93 bits per heavy atom. The molecule has 1 saturated heterocycles. The van der Waals surface area contributed by atoms with Crippen LogP contribution >= 0.6 is 0 Å². The van der Waals surface area contributed by atoms with Gasteiger partial charge in [-0.05, 0) is 18.9 Å². The van der Waals surface area contributed by atoms with Crippen LogP contribution in [0.3, 0.4) is 0 Å². The number of carbonyl (C=O) groups excluding carboxylic acids is 1. The number of amides is 1. The number of hydrogen-bond donors (Lipinski definition) is 1. The molecular weight excluding hydrogens is 174 g/mol. The number of piperidine rings is 1. The molecule has 1 atom stereocenters. The van der Waals surface area contributed by atoms with Crippen LogP contribution in [0.5, 0.6) is 0 Å². The summed E-state index contributed by atoms with van der Waals surface area (Å²) in [5.41, 5.74) is 2.64. The van der Waals surface area contributed by atoms with Crippen molar-refractivity contribution in [2.45, 2.75) is 25.7 Å². The van der Waals surface area contributed by atoms with Gasteiger partial charge in [0.25, 0.3) is 0 Å². The van der Waals surface area contributed by atoms with Crippen molar-refractivity contribution >= 4 is 5.91 Å². The molecule has 1 aliphatic rings. The van der Waals surface area contributed by atoms with Crippen LogP contribution in [0, 0.1) is 6.92 Å². The van der Waals surface area contributed by atoms with Crippen molar-refractivity contribution in [1.29, 1.82) is 0 Å². The summed E-state index contributed by atoms with van der Waals surface area (Å²) in [5, 5.41) is 2.91. The highest BCUT2D eigenvalue weighted by molar-refractivity contribution is 5.76. The summed E-state index contributed by atoms with van der Waals surface area (Å²) in [4.78, 5) is 11.0. The van der Waals surface area contributed by atoms with Crippen LogP contribution in [0.25, 0.3) is 0 Å². The van der Waals surface area contributed by atoms with Crippen LogP contribution in [0.4, 0.5) is 0 Å². The van der Waals surface area contributed by atoms with Crippen LogP contribution in [0.1, 0.15) is 29.9 Å². The predicted octanol–water partition coefficient (Wildman–Crippen LogP) is 1.99. The second-order valence-corrected chi connectivity index (χ2v) is 3.95. The first kappa shape index (κ1) is 9.25. The van der Waals surface area contributed by atoms with E-state index in [0.717, 1.165) is 13.0 Å². The number of carbonyl (C=O) groups is 1. The Balaban J connectivity index is 2.12. The lowest BCUT2D eigenvalue weighted by atomic mass is 9.91. The van der Waals surface area contributed by atoms with Gasteiger partial charge in [0.15, 0.2) is 0 Å². The first-order valence-electron chi connectivity index (χ1n) is 5.09. The molecule has 1 aliphatic heterocycles. The number of hydrogen-bond acceptors (Lipinski definition) is 1. The van der Waals surface area contributed by atoms with E-state index in [1.54, 1.807) is 0 Å². The zero-order valence-electron chi connectivity index (χ0n) is 8.42. The fourth-order valence-electron chi connectivity index (χ4n) is 1.94. The van der Waals surface area contributed by atoms with E-state index in [2.05, 4.69) is 36.5 Å². The number of benzene rings is 1. The SMILES string of the molecule is Cc1cccc(C2CCC(=O)NC2)c1. The van der Waals surface area contributed by atoms with Gasteiger partial charge in [0, 0.05) is 18.9 Å². The number of aryl methyl sites for hydroxylation is 1. The molecule has 2 nitrogen and oxygen atoms in total. The minimum absolute atomic E-state index is 0.189. The molecule has 0 spiro atoms. The lowest BCUT2D eigenvalue weighted by Gasteiger charge is -2.22. The molecule has 1 unspecified atom stereocenters. The highest BCUT2D eigenvalue weighted by Crippen LogP contribution is 2.23. The van der Waals surface area contributed by atoms with E-state index in [4.69, 9.17) is 0 Å². The largest absolute Gasteiger partial charge is 0.355 e. The molecule has 0 aliphatic carbocycles. The highest BCUT2D eigenvalue weighted by atomic mass is 16.1. The Bertz CT molecular complexity index is 336. The maximum atomic E-state index is 11.0. The second kappa shape index (κ2) is 3.82. The molecule has 0 saturated carbocycles. The first-order chi connectivity index (χ1) is 6.75. The van der Waals surface area contributed by atoms with Crippen molar-refractivity contribution in [3.63, 3.8) is 0 Å². The molecule has 1 fully saturated rings. The first-order valence-corrected chi connectivity index (χ1v) is 5.09. The van der Waals surface area contributed by atoms with E-state index in [1.807, 2.05) is 0 Å². The molecule has 0 bridgehead atoms. The van der Waals surface area contributed by atoms with Crippen LogP contribution in [0.2, 0.25) is 0 Å². The van der Waals surface area contributed by atoms with Gasteiger partial charge >= 0.3 is 0 Å². The lowest BCUT2D eigenvalue weighted by molar-refractivity contribution is -0.122. The molecule has 0 aromatic heterocycles. The van der Waals surface area contributed by atoms with Crippen LogP contribution < -0.4 is 5.32 Å². The van der Waals surface area contributed by atoms with Gasteiger partial charge in [-0.1, -0.05) is 29.8 Å². The number of rotatable bonds is 1. The smallest absolute Gasteiger partial charge is 0.220 e. The minimum Gasteiger partial charge on any atom is -0.355 e. The van der Waals surface area contributed by atoms with Gasteiger partial charge in [-0.25, -0.2) is 0 Å². The molecule has 2 rings (SSSR count). The highest BCUT2D eigenvalue weighted by Gasteiger charge is 2.19. The summed E-state index contributed by atoms with van der Waals surface area (Å²) in [6.07, 6.45) is 1.65. The Morgan fingerprint density at radius 1 is 1.43 bits per heavy atom. The standard InChI is InChI=1S/C12H15NO/c1-9-3-2-4-10(7-9)11-5-6-12(14)13-8-11/h2-4,7,11H,5-6,8H2,1H3,(H,13,14). The van der Waals surface area contributed by atoms with Crippen molar-refractivity contribution in [2.75, 3.05) is 6.54 Å². The summed E-state index contributed by atoms with van der Waals surface area (Å²) in [7, 11) is 0. The molecule has 0 radical (unpaired) electrons. The van der Waals surface area contributed by atoms with Crippen molar-refractivity contribution in [3.8, 4) is 0 Å². The summed E-state index contributed by atoms with van der Waals surface area (Å²) in [6.45, 7) is 2.90. The van der Waals surface area contributed by atoms with Crippen LogP contribution in [-0.2, 0) is 4.79 Å². The molecule has 1 N–H and O–H groups in total.